The van der Waals surface area contributed by atoms with Crippen molar-refractivity contribution in [1.82, 2.24) is 5.32 Å². The Morgan fingerprint density at radius 1 is 1.33 bits per heavy atom. The second kappa shape index (κ2) is 7.67. The summed E-state index contributed by atoms with van der Waals surface area (Å²) in [4.78, 5) is 0. The first-order valence-corrected chi connectivity index (χ1v) is 5.82. The normalized spacial score (nSPS) is 13.7. The topological polar surface area (TPSA) is 85.5 Å². The van der Waals surface area contributed by atoms with Crippen molar-refractivity contribution in [3.63, 3.8) is 0 Å². The fourth-order valence-corrected chi connectivity index (χ4v) is 1.39. The van der Waals surface area contributed by atoms with Crippen LogP contribution in [0.25, 0.3) is 0 Å². The number of benzene rings is 1. The van der Waals surface area contributed by atoms with Crippen LogP contribution >= 0.6 is 0 Å². The van der Waals surface area contributed by atoms with E-state index in [1.54, 1.807) is 31.2 Å². The van der Waals surface area contributed by atoms with Gasteiger partial charge in [0, 0.05) is 13.1 Å². The van der Waals surface area contributed by atoms with Crippen LogP contribution < -0.4 is 10.1 Å². The smallest absolute Gasteiger partial charge is 0.137 e. The van der Waals surface area contributed by atoms with Gasteiger partial charge in [0.1, 0.15) is 24.5 Å². The van der Waals surface area contributed by atoms with Gasteiger partial charge in [-0.15, -0.1) is 0 Å². The van der Waals surface area contributed by atoms with Crippen molar-refractivity contribution in [3.8, 4) is 11.8 Å². The Labute approximate surface area is 107 Å². The lowest BCUT2D eigenvalue weighted by atomic mass is 10.2. The number of nitriles is 1. The molecule has 2 atom stereocenters. The first-order chi connectivity index (χ1) is 8.63. The Morgan fingerprint density at radius 3 is 2.72 bits per heavy atom. The van der Waals surface area contributed by atoms with E-state index in [-0.39, 0.29) is 6.61 Å². The lowest BCUT2D eigenvalue weighted by Gasteiger charge is -2.14. The summed E-state index contributed by atoms with van der Waals surface area (Å²) in [6, 6.07) is 8.90. The predicted octanol–water partition coefficient (Wildman–Crippen LogP) is 0.268. The van der Waals surface area contributed by atoms with Gasteiger partial charge in [-0.2, -0.15) is 5.26 Å². The molecule has 18 heavy (non-hydrogen) atoms. The van der Waals surface area contributed by atoms with Gasteiger partial charge in [-0.25, -0.2) is 0 Å². The minimum Gasteiger partial charge on any atom is -0.489 e. The number of nitrogens with one attached hydrogen (secondary N) is 1. The van der Waals surface area contributed by atoms with Crippen LogP contribution in [-0.4, -0.2) is 42.1 Å². The summed E-state index contributed by atoms with van der Waals surface area (Å²) in [5.74, 6) is 0.467. The summed E-state index contributed by atoms with van der Waals surface area (Å²) in [5, 5.41) is 30.4. The molecule has 2 unspecified atom stereocenters. The van der Waals surface area contributed by atoms with Gasteiger partial charge < -0.3 is 20.3 Å². The van der Waals surface area contributed by atoms with Crippen LogP contribution in [0.15, 0.2) is 24.3 Å². The van der Waals surface area contributed by atoms with Gasteiger partial charge in [-0.05, 0) is 19.1 Å². The highest BCUT2D eigenvalue weighted by atomic mass is 16.5. The highest BCUT2D eigenvalue weighted by Gasteiger charge is 2.07. The fourth-order valence-electron chi connectivity index (χ4n) is 1.39. The van der Waals surface area contributed by atoms with Crippen molar-refractivity contribution < 1.29 is 14.9 Å². The number of nitrogens with zero attached hydrogens (tertiary/aromatic N) is 1. The van der Waals surface area contributed by atoms with Crippen LogP contribution in [-0.2, 0) is 0 Å². The average molecular weight is 250 g/mol. The number of aliphatic hydroxyl groups excluding tert-OH is 2. The second-order valence-electron chi connectivity index (χ2n) is 4.08. The maximum absolute atomic E-state index is 9.63. The van der Waals surface area contributed by atoms with Crippen molar-refractivity contribution in [2.24, 2.45) is 0 Å². The lowest BCUT2D eigenvalue weighted by Crippen LogP contribution is -2.35. The monoisotopic (exact) mass is 250 g/mol. The van der Waals surface area contributed by atoms with Crippen LogP contribution in [0.4, 0.5) is 0 Å². The molecule has 0 spiro atoms. The van der Waals surface area contributed by atoms with Crippen LogP contribution in [0.2, 0.25) is 0 Å². The van der Waals surface area contributed by atoms with E-state index in [1.807, 2.05) is 6.07 Å². The molecule has 0 amide bonds. The molecule has 0 bridgehead atoms. The standard InChI is InChI=1S/C13H18N2O3/c1-10(16)7-15-8-12(17)9-18-13-5-3-2-4-11(13)6-14/h2-5,10,12,15-17H,7-9H2,1H3. The summed E-state index contributed by atoms with van der Waals surface area (Å²) in [6.45, 7) is 2.52. The average Bonchev–Trinajstić information content (AvgIpc) is 2.36. The van der Waals surface area contributed by atoms with E-state index in [1.165, 1.54) is 0 Å². The maximum Gasteiger partial charge on any atom is 0.137 e. The molecule has 0 saturated carbocycles. The second-order valence-corrected chi connectivity index (χ2v) is 4.08. The largest absolute Gasteiger partial charge is 0.489 e. The zero-order valence-corrected chi connectivity index (χ0v) is 10.3. The SMILES string of the molecule is CC(O)CNCC(O)COc1ccccc1C#N. The summed E-state index contributed by atoms with van der Waals surface area (Å²) in [7, 11) is 0. The zero-order chi connectivity index (χ0) is 13.4. The Kier molecular flexibility index (Phi) is 6.15. The molecule has 1 rings (SSSR count). The number of hydrogen-bond acceptors (Lipinski definition) is 5. The van der Waals surface area contributed by atoms with E-state index in [2.05, 4.69) is 5.32 Å². The molecule has 0 aliphatic heterocycles. The van der Waals surface area contributed by atoms with Gasteiger partial charge in [0.15, 0.2) is 0 Å². The lowest BCUT2D eigenvalue weighted by molar-refractivity contribution is 0.101. The van der Waals surface area contributed by atoms with E-state index in [0.717, 1.165) is 0 Å². The summed E-state index contributed by atoms with van der Waals surface area (Å²) in [5.41, 5.74) is 0.446. The van der Waals surface area contributed by atoms with Gasteiger partial charge in [-0.3, -0.25) is 0 Å². The number of hydrogen-bond donors (Lipinski definition) is 3. The molecule has 1 aromatic rings. The Balaban J connectivity index is 2.34. The zero-order valence-electron chi connectivity index (χ0n) is 10.3. The number of para-hydroxylation sites is 1. The van der Waals surface area contributed by atoms with Gasteiger partial charge >= 0.3 is 0 Å². The molecule has 0 aliphatic rings. The van der Waals surface area contributed by atoms with Crippen LogP contribution in [0.3, 0.4) is 0 Å². The number of aliphatic hydroxyl groups is 2. The fraction of sp³-hybridized carbons (Fsp3) is 0.462. The Morgan fingerprint density at radius 2 is 2.06 bits per heavy atom. The van der Waals surface area contributed by atoms with E-state index in [0.29, 0.717) is 24.4 Å². The van der Waals surface area contributed by atoms with Crippen LogP contribution in [0, 0.1) is 11.3 Å². The van der Waals surface area contributed by atoms with Gasteiger partial charge in [0.05, 0.1) is 11.7 Å². The van der Waals surface area contributed by atoms with E-state index >= 15 is 0 Å². The summed E-state index contributed by atoms with van der Waals surface area (Å²) >= 11 is 0. The molecule has 0 fully saturated rings. The molecule has 5 nitrogen and oxygen atoms in total. The Bertz CT molecular complexity index is 401. The summed E-state index contributed by atoms with van der Waals surface area (Å²) in [6.07, 6.45) is -1.13. The third-order valence-corrected chi connectivity index (χ3v) is 2.26. The van der Waals surface area contributed by atoms with Gasteiger partial charge in [0.2, 0.25) is 0 Å². The van der Waals surface area contributed by atoms with Crippen LogP contribution in [0.5, 0.6) is 5.75 Å². The molecule has 98 valence electrons. The number of ether oxygens (including phenoxy) is 1. The van der Waals surface area contributed by atoms with Crippen molar-refractivity contribution in [1.29, 1.82) is 5.26 Å². The maximum atomic E-state index is 9.63. The van der Waals surface area contributed by atoms with E-state index in [4.69, 9.17) is 15.1 Å². The first-order valence-electron chi connectivity index (χ1n) is 5.82. The Hall–Kier alpha value is -1.61. The summed E-state index contributed by atoms with van der Waals surface area (Å²) < 4.78 is 5.37. The third-order valence-electron chi connectivity index (χ3n) is 2.26. The highest BCUT2D eigenvalue weighted by Crippen LogP contribution is 2.16. The van der Waals surface area contributed by atoms with Crippen molar-refractivity contribution in [2.45, 2.75) is 19.1 Å². The minimum absolute atomic E-state index is 0.103. The molecule has 3 N–H and O–H groups in total. The minimum atomic E-state index is -0.685. The number of rotatable bonds is 7. The predicted molar refractivity (Wildman–Crippen MR) is 67.2 cm³/mol. The third kappa shape index (κ3) is 5.15. The van der Waals surface area contributed by atoms with Gasteiger partial charge in [0.25, 0.3) is 0 Å². The van der Waals surface area contributed by atoms with Crippen molar-refractivity contribution in [3.05, 3.63) is 29.8 Å². The molecule has 0 aliphatic carbocycles. The molecular formula is C13H18N2O3. The van der Waals surface area contributed by atoms with Gasteiger partial charge in [-0.1, -0.05) is 12.1 Å². The van der Waals surface area contributed by atoms with Crippen molar-refractivity contribution >= 4 is 0 Å². The van der Waals surface area contributed by atoms with E-state index in [9.17, 15) is 5.11 Å². The molecular weight excluding hydrogens is 232 g/mol. The molecule has 0 aromatic heterocycles. The molecule has 0 radical (unpaired) electrons. The first kappa shape index (κ1) is 14.5. The molecule has 5 heteroatoms. The highest BCUT2D eigenvalue weighted by molar-refractivity contribution is 5.42. The van der Waals surface area contributed by atoms with Crippen LogP contribution in [0.1, 0.15) is 12.5 Å². The van der Waals surface area contributed by atoms with E-state index < -0.39 is 12.2 Å². The molecule has 0 saturated heterocycles. The molecule has 1 aromatic carbocycles. The molecule has 0 heterocycles. The van der Waals surface area contributed by atoms with Crippen molar-refractivity contribution in [2.75, 3.05) is 19.7 Å². The quantitative estimate of drug-likeness (QED) is 0.646.